The molecule has 0 spiro atoms. The summed E-state index contributed by atoms with van der Waals surface area (Å²) in [7, 11) is 0. The maximum Gasteiger partial charge on any atom is 0.181 e. The van der Waals surface area contributed by atoms with E-state index in [2.05, 4.69) is 31.2 Å². The third-order valence-corrected chi connectivity index (χ3v) is 8.59. The van der Waals surface area contributed by atoms with Gasteiger partial charge in [0, 0.05) is 0 Å². The Hall–Kier alpha value is -1.16. The molecule has 5 rings (SSSR count). The van der Waals surface area contributed by atoms with Gasteiger partial charge >= 0.3 is 0 Å². The van der Waals surface area contributed by atoms with Gasteiger partial charge in [0.05, 0.1) is 19.8 Å². The van der Waals surface area contributed by atoms with Crippen molar-refractivity contribution in [3.05, 3.63) is 47.5 Å². The Labute approximate surface area is 195 Å². The van der Waals surface area contributed by atoms with Crippen molar-refractivity contribution < 1.29 is 14.2 Å². The third kappa shape index (κ3) is 5.66. The van der Waals surface area contributed by atoms with Gasteiger partial charge in [-0.05, 0) is 73.8 Å². The number of hydrogen-bond donors (Lipinski definition) is 0. The second-order valence-electron chi connectivity index (χ2n) is 10.6. The van der Waals surface area contributed by atoms with Crippen LogP contribution in [0.1, 0.15) is 108 Å². The Morgan fingerprint density at radius 3 is 2.25 bits per heavy atom. The van der Waals surface area contributed by atoms with Gasteiger partial charge in [0.2, 0.25) is 0 Å². The molecule has 3 saturated carbocycles. The summed E-state index contributed by atoms with van der Waals surface area (Å²) in [5.41, 5.74) is 3.89. The van der Waals surface area contributed by atoms with Crippen molar-refractivity contribution >= 4 is 0 Å². The monoisotopic (exact) mass is 440 g/mol. The number of fused-ring (bicyclic) bond motifs is 3. The van der Waals surface area contributed by atoms with Crippen LogP contribution >= 0.6 is 0 Å². The average molecular weight is 441 g/mol. The van der Waals surface area contributed by atoms with Crippen molar-refractivity contribution in [2.45, 2.75) is 109 Å². The highest BCUT2D eigenvalue weighted by atomic mass is 16.7. The fourth-order valence-corrected chi connectivity index (χ4v) is 6.26. The topological polar surface area (TPSA) is 27.7 Å². The summed E-state index contributed by atoms with van der Waals surface area (Å²) >= 11 is 0. The average Bonchev–Trinajstić information content (AvgIpc) is 2.86. The minimum absolute atomic E-state index is 0.0150. The maximum atomic E-state index is 6.05. The number of benzene rings is 1. The SMILES string of the molecule is C/C=C/CO[C@@H]1CO[C@@H](c2ccc(C34CCC(CCCCCCC)(CC3)CC4)cc2)CO1. The lowest BCUT2D eigenvalue weighted by molar-refractivity contribution is -0.232. The van der Waals surface area contributed by atoms with Gasteiger partial charge in [-0.1, -0.05) is 75.4 Å². The van der Waals surface area contributed by atoms with Crippen molar-refractivity contribution in [1.29, 1.82) is 0 Å². The number of unbranched alkanes of at least 4 members (excludes halogenated alkanes) is 4. The van der Waals surface area contributed by atoms with Gasteiger partial charge in [0.25, 0.3) is 0 Å². The molecular formula is C29H44O3. The van der Waals surface area contributed by atoms with Gasteiger partial charge < -0.3 is 14.2 Å². The Bertz CT molecular complexity index is 690. The van der Waals surface area contributed by atoms with Crippen molar-refractivity contribution in [3.8, 4) is 0 Å². The minimum atomic E-state index is -0.253. The molecule has 3 heteroatoms. The molecule has 4 aliphatic rings. The van der Waals surface area contributed by atoms with Crippen molar-refractivity contribution in [2.75, 3.05) is 19.8 Å². The Kier molecular flexibility index (Phi) is 8.48. The Morgan fingerprint density at radius 1 is 0.906 bits per heavy atom. The lowest BCUT2D eigenvalue weighted by Gasteiger charge is -2.54. The normalized spacial score (nSPS) is 32.6. The number of hydrogen-bond acceptors (Lipinski definition) is 3. The van der Waals surface area contributed by atoms with E-state index in [4.69, 9.17) is 14.2 Å². The van der Waals surface area contributed by atoms with Crippen molar-refractivity contribution in [1.82, 2.24) is 0 Å². The molecule has 32 heavy (non-hydrogen) atoms. The molecule has 3 nitrogen and oxygen atoms in total. The van der Waals surface area contributed by atoms with Gasteiger partial charge in [0.15, 0.2) is 6.29 Å². The Morgan fingerprint density at radius 2 is 1.62 bits per heavy atom. The predicted octanol–water partition coefficient (Wildman–Crippen LogP) is 7.65. The van der Waals surface area contributed by atoms with E-state index in [1.54, 1.807) is 5.56 Å². The van der Waals surface area contributed by atoms with E-state index in [1.807, 2.05) is 19.1 Å². The minimum Gasteiger partial charge on any atom is -0.366 e. The maximum absolute atomic E-state index is 6.05. The van der Waals surface area contributed by atoms with Crippen LogP contribution in [0.3, 0.4) is 0 Å². The summed E-state index contributed by atoms with van der Waals surface area (Å²) < 4.78 is 17.6. The molecule has 2 atom stereocenters. The second kappa shape index (κ2) is 11.3. The lowest BCUT2D eigenvalue weighted by Crippen LogP contribution is -2.44. The summed E-state index contributed by atoms with van der Waals surface area (Å²) in [5, 5.41) is 0. The molecule has 0 N–H and O–H groups in total. The van der Waals surface area contributed by atoms with Crippen LogP contribution in [-0.4, -0.2) is 26.1 Å². The quantitative estimate of drug-likeness (QED) is 0.261. The van der Waals surface area contributed by atoms with E-state index in [0.29, 0.717) is 30.7 Å². The van der Waals surface area contributed by atoms with E-state index >= 15 is 0 Å². The van der Waals surface area contributed by atoms with E-state index in [1.165, 1.54) is 82.6 Å². The summed E-state index contributed by atoms with van der Waals surface area (Å²) in [6, 6.07) is 9.33. The third-order valence-electron chi connectivity index (χ3n) is 8.59. The smallest absolute Gasteiger partial charge is 0.181 e. The molecule has 0 aromatic heterocycles. The molecule has 1 saturated heterocycles. The number of rotatable bonds is 11. The predicted molar refractivity (Wildman–Crippen MR) is 131 cm³/mol. The van der Waals surface area contributed by atoms with E-state index < -0.39 is 0 Å². The van der Waals surface area contributed by atoms with Crippen LogP contribution < -0.4 is 0 Å². The molecule has 178 valence electrons. The van der Waals surface area contributed by atoms with Crippen LogP contribution in [-0.2, 0) is 19.6 Å². The van der Waals surface area contributed by atoms with Gasteiger partial charge in [-0.2, -0.15) is 0 Å². The first-order valence-corrected chi connectivity index (χ1v) is 13.3. The molecule has 0 radical (unpaired) electrons. The van der Waals surface area contributed by atoms with E-state index in [-0.39, 0.29) is 12.4 Å². The van der Waals surface area contributed by atoms with Crippen molar-refractivity contribution in [2.24, 2.45) is 5.41 Å². The molecule has 4 fully saturated rings. The highest BCUT2D eigenvalue weighted by Gasteiger charge is 2.48. The fraction of sp³-hybridized carbons (Fsp3) is 0.724. The molecule has 0 amide bonds. The van der Waals surface area contributed by atoms with Crippen LogP contribution in [0.4, 0.5) is 0 Å². The molecule has 1 aromatic rings. The summed E-state index contributed by atoms with van der Waals surface area (Å²) in [6.07, 6.45) is 20.8. The van der Waals surface area contributed by atoms with Crippen LogP contribution in [0.15, 0.2) is 36.4 Å². The van der Waals surface area contributed by atoms with Crippen LogP contribution in [0.2, 0.25) is 0 Å². The van der Waals surface area contributed by atoms with E-state index in [0.717, 1.165) is 0 Å². The van der Waals surface area contributed by atoms with Gasteiger partial charge in [-0.3, -0.25) is 0 Å². The van der Waals surface area contributed by atoms with Gasteiger partial charge in [-0.15, -0.1) is 0 Å². The fourth-order valence-electron chi connectivity index (χ4n) is 6.26. The number of allylic oxidation sites excluding steroid dienone is 1. The highest BCUT2D eigenvalue weighted by molar-refractivity contribution is 5.32. The molecular weight excluding hydrogens is 396 g/mol. The van der Waals surface area contributed by atoms with Crippen LogP contribution in [0.5, 0.6) is 0 Å². The first kappa shape index (κ1) is 24.0. The summed E-state index contributed by atoms with van der Waals surface area (Å²) in [6.45, 7) is 5.93. The molecule has 1 heterocycles. The van der Waals surface area contributed by atoms with Crippen LogP contribution in [0.25, 0.3) is 0 Å². The summed E-state index contributed by atoms with van der Waals surface area (Å²) in [4.78, 5) is 0. The molecule has 2 bridgehead atoms. The van der Waals surface area contributed by atoms with Gasteiger partial charge in [-0.25, -0.2) is 0 Å². The zero-order valence-corrected chi connectivity index (χ0v) is 20.5. The highest BCUT2D eigenvalue weighted by Crippen LogP contribution is 2.59. The zero-order valence-electron chi connectivity index (χ0n) is 20.5. The Balaban J connectivity index is 1.26. The first-order valence-electron chi connectivity index (χ1n) is 13.3. The van der Waals surface area contributed by atoms with Crippen molar-refractivity contribution in [3.63, 3.8) is 0 Å². The molecule has 1 aromatic carbocycles. The molecule has 0 unspecified atom stereocenters. The molecule has 3 aliphatic carbocycles. The first-order chi connectivity index (χ1) is 15.7. The van der Waals surface area contributed by atoms with E-state index in [9.17, 15) is 0 Å². The number of ether oxygens (including phenoxy) is 3. The zero-order chi connectivity index (χ0) is 22.3. The lowest BCUT2D eigenvalue weighted by atomic mass is 9.51. The largest absolute Gasteiger partial charge is 0.366 e. The second-order valence-corrected chi connectivity index (χ2v) is 10.6. The standard InChI is InChI=1S/C29H44O3/c1-3-5-7-8-9-14-28-15-18-29(19-16-28,20-17-28)25-12-10-24(11-13-25)26-22-32-27(23-31-26)30-21-6-4-2/h4,6,10-13,26-27H,3,5,7-9,14-23H2,1-2H3/b6-4+/t26-,27+,28?,29?/m1/s1. The van der Waals surface area contributed by atoms with Gasteiger partial charge in [0.1, 0.15) is 6.10 Å². The molecule has 1 aliphatic heterocycles. The van der Waals surface area contributed by atoms with Crippen LogP contribution in [0, 0.1) is 5.41 Å². The summed E-state index contributed by atoms with van der Waals surface area (Å²) in [5.74, 6) is 0.